The normalized spacial score (nSPS) is 17.4. The molecule has 1 fully saturated rings. The number of nitrogen functional groups attached to an aromatic ring is 1. The first kappa shape index (κ1) is 10.2. The first-order valence-electron chi connectivity index (χ1n) is 4.90. The fourth-order valence-corrected chi connectivity index (χ4v) is 1.44. The van der Waals surface area contributed by atoms with Gasteiger partial charge in [-0.1, -0.05) is 0 Å². The predicted molar refractivity (Wildman–Crippen MR) is 58.1 cm³/mol. The second kappa shape index (κ2) is 4.92. The van der Waals surface area contributed by atoms with E-state index in [4.69, 9.17) is 10.6 Å². The van der Waals surface area contributed by atoms with Crippen molar-refractivity contribution in [3.05, 3.63) is 18.3 Å². The summed E-state index contributed by atoms with van der Waals surface area (Å²) in [6.07, 6.45) is 1.71. The van der Waals surface area contributed by atoms with Gasteiger partial charge in [-0.3, -0.25) is 0 Å². The van der Waals surface area contributed by atoms with Crippen LogP contribution in [0, 0.1) is 0 Å². The number of pyridine rings is 1. The Morgan fingerprint density at radius 3 is 2.93 bits per heavy atom. The van der Waals surface area contributed by atoms with Crippen molar-refractivity contribution in [2.24, 2.45) is 5.84 Å². The van der Waals surface area contributed by atoms with Crippen LogP contribution in [0.2, 0.25) is 0 Å². The molecule has 1 aromatic rings. The second-order valence-electron chi connectivity index (χ2n) is 3.29. The van der Waals surface area contributed by atoms with E-state index in [0.29, 0.717) is 5.82 Å². The number of nitrogens with zero attached hydrogens (tertiary/aromatic N) is 2. The lowest BCUT2D eigenvalue weighted by atomic mass is 10.4. The van der Waals surface area contributed by atoms with E-state index in [0.717, 1.165) is 32.0 Å². The Kier molecular flexibility index (Phi) is 3.33. The summed E-state index contributed by atoms with van der Waals surface area (Å²) in [7, 11) is 0. The minimum Gasteiger partial charge on any atom is -0.379 e. The average molecular weight is 209 g/mol. The van der Waals surface area contributed by atoms with E-state index in [1.165, 1.54) is 0 Å². The van der Waals surface area contributed by atoms with Crippen LogP contribution in [0.15, 0.2) is 18.3 Å². The molecule has 82 valence electrons. The number of ether oxygens (including phenoxy) is 1. The Hall–Kier alpha value is -1.37. The smallest absolute Gasteiger partial charge is 0.141 e. The summed E-state index contributed by atoms with van der Waals surface area (Å²) in [5, 5.41) is 2.11. The molecule has 6 nitrogen and oxygen atoms in total. The zero-order valence-corrected chi connectivity index (χ0v) is 8.44. The lowest BCUT2D eigenvalue weighted by Crippen LogP contribution is -2.40. The van der Waals surface area contributed by atoms with E-state index in [2.05, 4.69) is 20.8 Å². The van der Waals surface area contributed by atoms with Crippen molar-refractivity contribution < 1.29 is 4.74 Å². The zero-order chi connectivity index (χ0) is 10.5. The third-order valence-electron chi connectivity index (χ3n) is 2.21. The third kappa shape index (κ3) is 2.79. The number of hydrogen-bond donors (Lipinski definition) is 3. The molecule has 1 saturated heterocycles. The Morgan fingerprint density at radius 1 is 1.40 bits per heavy atom. The summed E-state index contributed by atoms with van der Waals surface area (Å²) in [5.41, 5.74) is 6.76. The van der Waals surface area contributed by atoms with Crippen molar-refractivity contribution in [1.29, 1.82) is 0 Å². The number of aromatic nitrogens is 1. The van der Waals surface area contributed by atoms with E-state index in [1.807, 2.05) is 12.1 Å². The zero-order valence-electron chi connectivity index (χ0n) is 8.44. The lowest BCUT2D eigenvalue weighted by molar-refractivity contribution is 0.0497. The molecule has 0 unspecified atom stereocenters. The number of hydrazine groups is 2. The Bertz CT molecular complexity index is 313. The van der Waals surface area contributed by atoms with Gasteiger partial charge in [0, 0.05) is 25.4 Å². The van der Waals surface area contributed by atoms with E-state index >= 15 is 0 Å². The maximum Gasteiger partial charge on any atom is 0.141 e. The Balaban J connectivity index is 1.96. The summed E-state index contributed by atoms with van der Waals surface area (Å²) in [6.45, 7) is 3.29. The number of morpholine rings is 1. The van der Waals surface area contributed by atoms with Gasteiger partial charge >= 0.3 is 0 Å². The van der Waals surface area contributed by atoms with Gasteiger partial charge in [-0.15, -0.1) is 0 Å². The average Bonchev–Trinajstić information content (AvgIpc) is 2.31. The molecule has 6 heteroatoms. The molecule has 15 heavy (non-hydrogen) atoms. The van der Waals surface area contributed by atoms with Crippen LogP contribution in [-0.2, 0) is 4.74 Å². The van der Waals surface area contributed by atoms with Crippen molar-refractivity contribution in [3.63, 3.8) is 0 Å². The quantitative estimate of drug-likeness (QED) is 0.481. The highest BCUT2D eigenvalue weighted by molar-refractivity contribution is 5.50. The van der Waals surface area contributed by atoms with Crippen molar-refractivity contribution in [2.45, 2.75) is 0 Å². The monoisotopic (exact) mass is 209 g/mol. The van der Waals surface area contributed by atoms with Crippen molar-refractivity contribution in [3.8, 4) is 0 Å². The van der Waals surface area contributed by atoms with Crippen molar-refractivity contribution in [2.75, 3.05) is 37.2 Å². The standard InChI is InChI=1S/C9H15N5O/c10-12-9-7-8(1-2-11-9)13-14-3-5-15-6-4-14/h1-2,7H,3-6,10H2,(H2,11,12,13). The van der Waals surface area contributed by atoms with Gasteiger partial charge in [-0.05, 0) is 6.07 Å². The van der Waals surface area contributed by atoms with Crippen LogP contribution in [0.3, 0.4) is 0 Å². The minimum absolute atomic E-state index is 0.647. The van der Waals surface area contributed by atoms with Crippen molar-refractivity contribution >= 4 is 11.5 Å². The summed E-state index contributed by atoms with van der Waals surface area (Å²) in [4.78, 5) is 4.03. The van der Waals surface area contributed by atoms with Crippen molar-refractivity contribution in [1.82, 2.24) is 9.99 Å². The summed E-state index contributed by atoms with van der Waals surface area (Å²) < 4.78 is 5.26. The van der Waals surface area contributed by atoms with E-state index < -0.39 is 0 Å². The van der Waals surface area contributed by atoms with Gasteiger partial charge in [0.05, 0.1) is 18.9 Å². The van der Waals surface area contributed by atoms with Gasteiger partial charge in [-0.25, -0.2) is 15.8 Å². The Labute approximate surface area is 88.4 Å². The van der Waals surface area contributed by atoms with Crippen LogP contribution in [0.5, 0.6) is 0 Å². The molecule has 0 spiro atoms. The number of anilines is 2. The SMILES string of the molecule is NNc1cc(NN2CCOCC2)ccn1. The molecule has 0 atom stereocenters. The van der Waals surface area contributed by atoms with Gasteiger partial charge in [0.15, 0.2) is 0 Å². The fraction of sp³-hybridized carbons (Fsp3) is 0.444. The largest absolute Gasteiger partial charge is 0.379 e. The van der Waals surface area contributed by atoms with E-state index in [1.54, 1.807) is 6.20 Å². The summed E-state index contributed by atoms with van der Waals surface area (Å²) in [5.74, 6) is 5.92. The molecule has 0 aliphatic carbocycles. The number of nitrogens with two attached hydrogens (primary N) is 1. The predicted octanol–water partition coefficient (Wildman–Crippen LogP) is 0.0263. The lowest BCUT2D eigenvalue weighted by Gasteiger charge is -2.27. The minimum atomic E-state index is 0.647. The maximum atomic E-state index is 5.28. The van der Waals surface area contributed by atoms with E-state index in [-0.39, 0.29) is 0 Å². The van der Waals surface area contributed by atoms with E-state index in [9.17, 15) is 0 Å². The number of nitrogens with one attached hydrogen (secondary N) is 2. The highest BCUT2D eigenvalue weighted by Crippen LogP contribution is 2.12. The van der Waals surface area contributed by atoms with Gasteiger partial charge in [0.2, 0.25) is 0 Å². The molecule has 0 amide bonds. The molecule has 2 rings (SSSR count). The highest BCUT2D eigenvalue weighted by Gasteiger charge is 2.09. The summed E-state index contributed by atoms with van der Waals surface area (Å²) in [6, 6.07) is 3.76. The molecule has 2 heterocycles. The third-order valence-corrected chi connectivity index (χ3v) is 2.21. The van der Waals surface area contributed by atoms with Crippen LogP contribution < -0.4 is 16.7 Å². The molecule has 0 bridgehead atoms. The fourth-order valence-electron chi connectivity index (χ4n) is 1.44. The topological polar surface area (TPSA) is 75.4 Å². The molecule has 4 N–H and O–H groups in total. The van der Waals surface area contributed by atoms with Crippen LogP contribution in [0.1, 0.15) is 0 Å². The molecular formula is C9H15N5O. The van der Waals surface area contributed by atoms with Gasteiger partial charge < -0.3 is 15.6 Å². The van der Waals surface area contributed by atoms with Crippen LogP contribution in [0.4, 0.5) is 11.5 Å². The van der Waals surface area contributed by atoms with Crippen LogP contribution >= 0.6 is 0 Å². The molecular weight excluding hydrogens is 194 g/mol. The molecule has 1 aromatic heterocycles. The second-order valence-corrected chi connectivity index (χ2v) is 3.29. The van der Waals surface area contributed by atoms with Gasteiger partial charge in [0.25, 0.3) is 0 Å². The summed E-state index contributed by atoms with van der Waals surface area (Å²) >= 11 is 0. The first-order chi connectivity index (χ1) is 7.38. The maximum absolute atomic E-state index is 5.28. The molecule has 0 radical (unpaired) electrons. The van der Waals surface area contributed by atoms with Gasteiger partial charge in [-0.2, -0.15) is 0 Å². The number of hydrogen-bond acceptors (Lipinski definition) is 6. The Morgan fingerprint density at radius 2 is 2.20 bits per heavy atom. The van der Waals surface area contributed by atoms with Crippen LogP contribution in [-0.4, -0.2) is 36.3 Å². The molecule has 0 saturated carbocycles. The first-order valence-corrected chi connectivity index (χ1v) is 4.90. The number of rotatable bonds is 3. The van der Waals surface area contributed by atoms with Gasteiger partial charge in [0.1, 0.15) is 5.82 Å². The highest BCUT2D eigenvalue weighted by atomic mass is 16.5. The van der Waals surface area contributed by atoms with Crippen LogP contribution in [0.25, 0.3) is 0 Å². The molecule has 1 aliphatic rings. The molecule has 1 aliphatic heterocycles. The molecule has 0 aromatic carbocycles.